The summed E-state index contributed by atoms with van der Waals surface area (Å²) in [5.74, 6) is 1.38. The van der Waals surface area contributed by atoms with Crippen molar-refractivity contribution < 1.29 is 0 Å². The molecule has 0 spiro atoms. The Labute approximate surface area is 86.3 Å². The Morgan fingerprint density at radius 3 is 2.29 bits per heavy atom. The lowest BCUT2D eigenvalue weighted by Gasteiger charge is -2.05. The van der Waals surface area contributed by atoms with Gasteiger partial charge in [-0.1, -0.05) is 38.1 Å². The van der Waals surface area contributed by atoms with Gasteiger partial charge in [0.1, 0.15) is 0 Å². The van der Waals surface area contributed by atoms with Crippen molar-refractivity contribution in [2.75, 3.05) is 0 Å². The van der Waals surface area contributed by atoms with Gasteiger partial charge in [-0.2, -0.15) is 0 Å². The van der Waals surface area contributed by atoms with E-state index in [4.69, 9.17) is 5.73 Å². The highest BCUT2D eigenvalue weighted by atomic mass is 14.7. The van der Waals surface area contributed by atoms with Gasteiger partial charge in [0.2, 0.25) is 0 Å². The molecule has 1 aliphatic rings. The van der Waals surface area contributed by atoms with E-state index < -0.39 is 0 Å². The Bertz CT molecular complexity index is 300. The molecular weight excluding hydrogens is 170 g/mol. The highest BCUT2D eigenvalue weighted by molar-refractivity contribution is 5.30. The van der Waals surface area contributed by atoms with Gasteiger partial charge in [0.15, 0.2) is 0 Å². The van der Waals surface area contributed by atoms with Gasteiger partial charge in [-0.05, 0) is 29.9 Å². The Kier molecular flexibility index (Phi) is 2.60. The molecule has 1 heteroatoms. The summed E-state index contributed by atoms with van der Waals surface area (Å²) >= 11 is 0. The minimum atomic E-state index is 0.422. The molecule has 0 radical (unpaired) electrons. The van der Waals surface area contributed by atoms with Crippen molar-refractivity contribution in [3.8, 4) is 0 Å². The van der Waals surface area contributed by atoms with E-state index in [1.807, 2.05) is 0 Å². The van der Waals surface area contributed by atoms with E-state index in [1.54, 1.807) is 0 Å². The van der Waals surface area contributed by atoms with Crippen LogP contribution in [0.15, 0.2) is 24.3 Å². The number of rotatable bonds is 3. The van der Waals surface area contributed by atoms with Gasteiger partial charge >= 0.3 is 0 Å². The maximum Gasteiger partial charge on any atom is 0.0115 e. The summed E-state index contributed by atoms with van der Waals surface area (Å²) in [6, 6.07) is 9.41. The zero-order chi connectivity index (χ0) is 10.1. The van der Waals surface area contributed by atoms with Gasteiger partial charge in [-0.15, -0.1) is 0 Å². The first kappa shape index (κ1) is 9.72. The highest BCUT2D eigenvalue weighted by Crippen LogP contribution is 2.38. The summed E-state index contributed by atoms with van der Waals surface area (Å²) in [4.78, 5) is 0. The zero-order valence-electron chi connectivity index (χ0n) is 9.03. The quantitative estimate of drug-likeness (QED) is 0.777. The lowest BCUT2D eigenvalue weighted by atomic mass is 10.0. The Hall–Kier alpha value is -0.820. The molecule has 1 saturated carbocycles. The molecule has 1 aromatic carbocycles. The summed E-state index contributed by atoms with van der Waals surface area (Å²) in [5, 5.41) is 0. The second-order valence-corrected chi connectivity index (χ2v) is 4.85. The molecule has 0 heterocycles. The number of benzene rings is 1. The predicted octanol–water partition coefficient (Wildman–Crippen LogP) is 2.70. The third-order valence-corrected chi connectivity index (χ3v) is 2.89. The summed E-state index contributed by atoms with van der Waals surface area (Å²) < 4.78 is 0. The van der Waals surface area contributed by atoms with Crippen LogP contribution in [0.1, 0.15) is 37.3 Å². The molecule has 0 unspecified atom stereocenters. The van der Waals surface area contributed by atoms with E-state index in [1.165, 1.54) is 24.0 Å². The van der Waals surface area contributed by atoms with Crippen molar-refractivity contribution in [2.24, 2.45) is 11.7 Å². The minimum Gasteiger partial charge on any atom is -0.327 e. The van der Waals surface area contributed by atoms with Crippen molar-refractivity contribution in [2.45, 2.75) is 38.6 Å². The Morgan fingerprint density at radius 1 is 1.29 bits per heavy atom. The van der Waals surface area contributed by atoms with Crippen LogP contribution in [0.25, 0.3) is 0 Å². The van der Waals surface area contributed by atoms with E-state index in [-0.39, 0.29) is 0 Å². The molecule has 0 amide bonds. The maximum atomic E-state index is 5.82. The van der Waals surface area contributed by atoms with Crippen LogP contribution in [0, 0.1) is 5.92 Å². The molecule has 1 fully saturated rings. The number of nitrogens with two attached hydrogens (primary N) is 1. The normalized spacial score (nSPS) is 25.4. The monoisotopic (exact) mass is 189 g/mol. The maximum absolute atomic E-state index is 5.82. The van der Waals surface area contributed by atoms with E-state index in [0.717, 1.165) is 5.92 Å². The average molecular weight is 189 g/mol. The van der Waals surface area contributed by atoms with Crippen molar-refractivity contribution >= 4 is 0 Å². The van der Waals surface area contributed by atoms with E-state index in [9.17, 15) is 0 Å². The third-order valence-electron chi connectivity index (χ3n) is 2.89. The van der Waals surface area contributed by atoms with E-state index in [0.29, 0.717) is 12.0 Å². The van der Waals surface area contributed by atoms with Crippen LogP contribution in [-0.4, -0.2) is 6.04 Å². The molecule has 0 aliphatic heterocycles. The van der Waals surface area contributed by atoms with Crippen LogP contribution < -0.4 is 5.73 Å². The third kappa shape index (κ3) is 2.16. The zero-order valence-corrected chi connectivity index (χ0v) is 9.03. The molecule has 2 rings (SSSR count). The molecule has 0 aromatic heterocycles. The first-order chi connectivity index (χ1) is 6.66. The lowest BCUT2D eigenvalue weighted by molar-refractivity contribution is 0.647. The molecule has 1 aromatic rings. The molecule has 76 valence electrons. The molecule has 1 nitrogen and oxygen atoms in total. The topological polar surface area (TPSA) is 26.0 Å². The second-order valence-electron chi connectivity index (χ2n) is 4.85. The van der Waals surface area contributed by atoms with Gasteiger partial charge in [-0.3, -0.25) is 0 Å². The first-order valence-corrected chi connectivity index (χ1v) is 5.51. The Morgan fingerprint density at radius 2 is 1.86 bits per heavy atom. The first-order valence-electron chi connectivity index (χ1n) is 5.51. The summed E-state index contributed by atoms with van der Waals surface area (Å²) in [7, 11) is 0. The fourth-order valence-electron chi connectivity index (χ4n) is 1.97. The van der Waals surface area contributed by atoms with Gasteiger partial charge in [0, 0.05) is 12.0 Å². The fourth-order valence-corrected chi connectivity index (χ4v) is 1.97. The van der Waals surface area contributed by atoms with E-state index in [2.05, 4.69) is 38.1 Å². The van der Waals surface area contributed by atoms with Crippen LogP contribution in [0.3, 0.4) is 0 Å². The number of hydrogen-bond donors (Lipinski definition) is 1. The van der Waals surface area contributed by atoms with Crippen LogP contribution in [0.2, 0.25) is 0 Å². The van der Waals surface area contributed by atoms with Crippen molar-refractivity contribution in [3.05, 3.63) is 35.4 Å². The van der Waals surface area contributed by atoms with Gasteiger partial charge in [0.25, 0.3) is 0 Å². The SMILES string of the molecule is CC(C)Cc1ccc([C@@H]2C[C@H]2N)cc1. The van der Waals surface area contributed by atoms with Crippen molar-refractivity contribution in [1.82, 2.24) is 0 Å². The largest absolute Gasteiger partial charge is 0.327 e. The average Bonchev–Trinajstić information content (AvgIpc) is 2.83. The summed E-state index contributed by atoms with van der Waals surface area (Å²) in [5.41, 5.74) is 8.68. The smallest absolute Gasteiger partial charge is 0.0115 e. The van der Waals surface area contributed by atoms with Crippen LogP contribution in [-0.2, 0) is 6.42 Å². The van der Waals surface area contributed by atoms with Gasteiger partial charge in [0.05, 0.1) is 0 Å². The van der Waals surface area contributed by atoms with Crippen LogP contribution in [0.4, 0.5) is 0 Å². The van der Waals surface area contributed by atoms with Crippen molar-refractivity contribution in [1.29, 1.82) is 0 Å². The molecule has 2 atom stereocenters. The van der Waals surface area contributed by atoms with Crippen LogP contribution in [0.5, 0.6) is 0 Å². The fraction of sp³-hybridized carbons (Fsp3) is 0.538. The van der Waals surface area contributed by atoms with Gasteiger partial charge in [-0.25, -0.2) is 0 Å². The Balaban J connectivity index is 2.03. The molecule has 2 N–H and O–H groups in total. The van der Waals surface area contributed by atoms with Gasteiger partial charge < -0.3 is 5.73 Å². The minimum absolute atomic E-state index is 0.422. The molecule has 14 heavy (non-hydrogen) atoms. The molecule has 0 bridgehead atoms. The van der Waals surface area contributed by atoms with E-state index >= 15 is 0 Å². The summed E-state index contributed by atoms with van der Waals surface area (Å²) in [6.07, 6.45) is 2.35. The van der Waals surface area contributed by atoms with Crippen LogP contribution >= 0.6 is 0 Å². The molecule has 0 saturated heterocycles. The predicted molar refractivity (Wildman–Crippen MR) is 60.3 cm³/mol. The number of hydrogen-bond acceptors (Lipinski definition) is 1. The second kappa shape index (κ2) is 3.74. The van der Waals surface area contributed by atoms with Crippen molar-refractivity contribution in [3.63, 3.8) is 0 Å². The molecular formula is C13H19N. The standard InChI is InChI=1S/C13H19N/c1-9(2)7-10-3-5-11(6-4-10)12-8-13(12)14/h3-6,9,12-13H,7-8,14H2,1-2H3/t12-,13+/m0/s1. The lowest BCUT2D eigenvalue weighted by Crippen LogP contribution is -2.01. The summed E-state index contributed by atoms with van der Waals surface area (Å²) in [6.45, 7) is 4.51. The molecule has 1 aliphatic carbocycles. The highest BCUT2D eigenvalue weighted by Gasteiger charge is 2.34.